The number of unbranched alkanes of at least 4 members (excludes halogenated alkanes) is 2. The number of hydrogen-bond donors (Lipinski definition) is 0. The van der Waals surface area contributed by atoms with E-state index >= 15 is 0 Å². The summed E-state index contributed by atoms with van der Waals surface area (Å²) in [6.07, 6.45) is 2.98. The Hall–Kier alpha value is -2.62. The van der Waals surface area contributed by atoms with Gasteiger partial charge in [-0.2, -0.15) is 0 Å². The van der Waals surface area contributed by atoms with Gasteiger partial charge >= 0.3 is 11.9 Å². The zero-order valence-corrected chi connectivity index (χ0v) is 15.0. The number of esters is 2. The summed E-state index contributed by atoms with van der Waals surface area (Å²) < 4.78 is 10.6. The van der Waals surface area contributed by atoms with Crippen molar-refractivity contribution in [1.29, 1.82) is 0 Å². The van der Waals surface area contributed by atoms with Gasteiger partial charge < -0.3 is 9.47 Å². The monoisotopic (exact) mass is 340 g/mol. The number of ether oxygens (including phenoxy) is 2. The average molecular weight is 340 g/mol. The van der Waals surface area contributed by atoms with Gasteiger partial charge in [0.15, 0.2) is 0 Å². The van der Waals surface area contributed by atoms with Gasteiger partial charge in [0, 0.05) is 0 Å². The third-order valence-corrected chi connectivity index (χ3v) is 4.03. The molecule has 0 N–H and O–H groups in total. The topological polar surface area (TPSA) is 52.6 Å². The van der Waals surface area contributed by atoms with Crippen LogP contribution >= 0.6 is 0 Å². The molecular weight excluding hydrogens is 316 g/mol. The van der Waals surface area contributed by atoms with E-state index in [0.29, 0.717) is 23.5 Å². The molecule has 0 saturated heterocycles. The second kappa shape index (κ2) is 9.02. The maximum Gasteiger partial charge on any atom is 0.343 e. The molecular formula is C21H24O4. The number of carbonyl (C=O) groups excluding carboxylic acids is 2. The molecule has 2 aromatic carbocycles. The van der Waals surface area contributed by atoms with Crippen molar-refractivity contribution in [3.05, 3.63) is 64.7 Å². The van der Waals surface area contributed by atoms with Crippen molar-refractivity contribution in [3.8, 4) is 5.75 Å². The van der Waals surface area contributed by atoms with Gasteiger partial charge in [-0.05, 0) is 67.8 Å². The molecule has 0 saturated carbocycles. The Labute approximate surface area is 148 Å². The molecule has 0 amide bonds. The Morgan fingerprint density at radius 1 is 0.840 bits per heavy atom. The molecule has 0 spiro atoms. The average Bonchev–Trinajstić information content (AvgIpc) is 2.62. The van der Waals surface area contributed by atoms with E-state index in [1.807, 2.05) is 26.0 Å². The van der Waals surface area contributed by atoms with Crippen LogP contribution in [0.4, 0.5) is 0 Å². The van der Waals surface area contributed by atoms with Crippen molar-refractivity contribution in [3.63, 3.8) is 0 Å². The fourth-order valence-corrected chi connectivity index (χ4v) is 2.29. The third kappa shape index (κ3) is 5.45. The van der Waals surface area contributed by atoms with Gasteiger partial charge in [-0.1, -0.05) is 25.8 Å². The molecule has 132 valence electrons. The Bertz CT molecular complexity index is 732. The van der Waals surface area contributed by atoms with Crippen LogP contribution in [0, 0.1) is 13.8 Å². The minimum atomic E-state index is -0.453. The Balaban J connectivity index is 1.95. The SMILES string of the molecule is CCCCCOC(=O)c1ccc(C(=O)Oc2ccc(C)c(C)c2)cc1. The number of carbonyl (C=O) groups is 2. The molecule has 0 radical (unpaired) electrons. The fourth-order valence-electron chi connectivity index (χ4n) is 2.29. The molecule has 0 aromatic heterocycles. The maximum absolute atomic E-state index is 12.2. The molecule has 2 aromatic rings. The summed E-state index contributed by atoms with van der Waals surface area (Å²) in [5.41, 5.74) is 3.02. The summed E-state index contributed by atoms with van der Waals surface area (Å²) in [5, 5.41) is 0. The van der Waals surface area contributed by atoms with Crippen molar-refractivity contribution in [1.82, 2.24) is 0 Å². The van der Waals surface area contributed by atoms with Gasteiger partial charge in [-0.15, -0.1) is 0 Å². The van der Waals surface area contributed by atoms with Crippen LogP contribution in [0.1, 0.15) is 58.0 Å². The lowest BCUT2D eigenvalue weighted by molar-refractivity contribution is 0.0497. The molecule has 4 nitrogen and oxygen atoms in total. The highest BCUT2D eigenvalue weighted by Gasteiger charge is 2.12. The van der Waals surface area contributed by atoms with Crippen LogP contribution in [0.3, 0.4) is 0 Å². The first kappa shape index (κ1) is 18.7. The highest BCUT2D eigenvalue weighted by atomic mass is 16.5. The zero-order valence-electron chi connectivity index (χ0n) is 15.0. The minimum Gasteiger partial charge on any atom is -0.462 e. The lowest BCUT2D eigenvalue weighted by atomic mass is 10.1. The fraction of sp³-hybridized carbons (Fsp3) is 0.333. The third-order valence-electron chi connectivity index (χ3n) is 4.03. The van der Waals surface area contributed by atoms with Gasteiger partial charge in [-0.25, -0.2) is 9.59 Å². The van der Waals surface area contributed by atoms with Crippen molar-refractivity contribution < 1.29 is 19.1 Å². The van der Waals surface area contributed by atoms with Crippen LogP contribution in [0.15, 0.2) is 42.5 Å². The summed E-state index contributed by atoms with van der Waals surface area (Å²) >= 11 is 0. The van der Waals surface area contributed by atoms with Gasteiger partial charge in [0.25, 0.3) is 0 Å². The van der Waals surface area contributed by atoms with E-state index in [0.717, 1.165) is 30.4 Å². The second-order valence-electron chi connectivity index (χ2n) is 6.06. The predicted molar refractivity (Wildman–Crippen MR) is 97.1 cm³/mol. The van der Waals surface area contributed by atoms with Crippen LogP contribution in [0.2, 0.25) is 0 Å². The first-order chi connectivity index (χ1) is 12.0. The van der Waals surface area contributed by atoms with Crippen LogP contribution in [-0.4, -0.2) is 18.5 Å². The smallest absolute Gasteiger partial charge is 0.343 e. The van der Waals surface area contributed by atoms with Gasteiger partial charge in [0.2, 0.25) is 0 Å². The molecule has 0 atom stereocenters. The van der Waals surface area contributed by atoms with Gasteiger partial charge in [0.1, 0.15) is 5.75 Å². The Kier molecular flexibility index (Phi) is 6.75. The minimum absolute atomic E-state index is 0.370. The standard InChI is InChI=1S/C21H24O4/c1-4-5-6-13-24-20(22)17-8-10-18(11-9-17)21(23)25-19-12-7-15(2)16(3)14-19/h7-12,14H,4-6,13H2,1-3H3. The Morgan fingerprint density at radius 2 is 1.48 bits per heavy atom. The van der Waals surface area contributed by atoms with E-state index in [4.69, 9.17) is 9.47 Å². The Morgan fingerprint density at radius 3 is 2.08 bits per heavy atom. The molecule has 0 heterocycles. The van der Waals surface area contributed by atoms with E-state index in [-0.39, 0.29) is 5.97 Å². The lowest BCUT2D eigenvalue weighted by Crippen LogP contribution is -2.10. The molecule has 0 unspecified atom stereocenters. The highest BCUT2D eigenvalue weighted by Crippen LogP contribution is 2.18. The van der Waals surface area contributed by atoms with Crippen LogP contribution < -0.4 is 4.74 Å². The van der Waals surface area contributed by atoms with Gasteiger partial charge in [0.05, 0.1) is 17.7 Å². The van der Waals surface area contributed by atoms with Crippen molar-refractivity contribution in [2.75, 3.05) is 6.61 Å². The summed E-state index contributed by atoms with van der Waals surface area (Å²) in [6.45, 7) is 6.48. The number of aryl methyl sites for hydroxylation is 2. The van der Waals surface area contributed by atoms with Gasteiger partial charge in [-0.3, -0.25) is 0 Å². The van der Waals surface area contributed by atoms with Crippen LogP contribution in [0.25, 0.3) is 0 Å². The molecule has 0 aliphatic heterocycles. The predicted octanol–water partition coefficient (Wildman–Crippen LogP) is 4.87. The van der Waals surface area contributed by atoms with E-state index in [9.17, 15) is 9.59 Å². The van der Waals surface area contributed by atoms with Crippen molar-refractivity contribution in [2.45, 2.75) is 40.0 Å². The van der Waals surface area contributed by atoms with Crippen LogP contribution in [0.5, 0.6) is 5.75 Å². The first-order valence-electron chi connectivity index (χ1n) is 8.58. The van der Waals surface area contributed by atoms with E-state index in [1.165, 1.54) is 0 Å². The summed E-state index contributed by atoms with van der Waals surface area (Å²) in [4.78, 5) is 24.1. The van der Waals surface area contributed by atoms with Crippen molar-refractivity contribution in [2.24, 2.45) is 0 Å². The maximum atomic E-state index is 12.2. The molecule has 0 aliphatic carbocycles. The van der Waals surface area contributed by atoms with Crippen molar-refractivity contribution >= 4 is 11.9 Å². The molecule has 2 rings (SSSR count). The largest absolute Gasteiger partial charge is 0.462 e. The second-order valence-corrected chi connectivity index (χ2v) is 6.06. The summed E-state index contributed by atoms with van der Waals surface area (Å²) in [7, 11) is 0. The zero-order chi connectivity index (χ0) is 18.2. The van der Waals surface area contributed by atoms with E-state index < -0.39 is 5.97 Å². The number of hydrogen-bond acceptors (Lipinski definition) is 4. The summed E-state index contributed by atoms with van der Waals surface area (Å²) in [5.74, 6) is -0.316. The van der Waals surface area contributed by atoms with Crippen LogP contribution in [-0.2, 0) is 4.74 Å². The van der Waals surface area contributed by atoms with E-state index in [1.54, 1.807) is 30.3 Å². The molecule has 0 aliphatic rings. The molecule has 25 heavy (non-hydrogen) atoms. The lowest BCUT2D eigenvalue weighted by Gasteiger charge is -2.08. The summed E-state index contributed by atoms with van der Waals surface area (Å²) in [6, 6.07) is 11.8. The highest BCUT2D eigenvalue weighted by molar-refractivity contribution is 5.94. The number of benzene rings is 2. The van der Waals surface area contributed by atoms with E-state index in [2.05, 4.69) is 6.92 Å². The molecule has 0 bridgehead atoms. The molecule has 0 fully saturated rings. The first-order valence-corrected chi connectivity index (χ1v) is 8.58. The number of rotatable bonds is 7. The quantitative estimate of drug-likeness (QED) is 0.410. The molecule has 4 heteroatoms. The normalized spacial score (nSPS) is 10.4.